The lowest BCUT2D eigenvalue weighted by Crippen LogP contribution is -2.40. The number of terminal acetylenes is 1. The Morgan fingerprint density at radius 1 is 0.754 bits per heavy atom. The predicted molar refractivity (Wildman–Crippen MR) is 241 cm³/mol. The van der Waals surface area contributed by atoms with Crippen LogP contribution in [0.2, 0.25) is 0 Å². The monoisotopic (exact) mass is 737 g/mol. The molecule has 5 atom stereocenters. The molecule has 4 aromatic rings. The molecule has 0 aliphatic heterocycles. The lowest BCUT2D eigenvalue weighted by atomic mass is 9.57. The highest BCUT2D eigenvalue weighted by Gasteiger charge is 2.56. The zero-order chi connectivity index (χ0) is 39.1. The van der Waals surface area contributed by atoms with Crippen LogP contribution in [-0.4, -0.2) is 0 Å². The third-order valence-electron chi connectivity index (χ3n) is 13.9. The largest absolute Gasteiger partial charge is 0.310 e. The van der Waals surface area contributed by atoms with Crippen LogP contribution in [0.1, 0.15) is 86.4 Å². The van der Waals surface area contributed by atoms with E-state index in [4.69, 9.17) is 6.42 Å². The molecule has 57 heavy (non-hydrogen) atoms. The smallest absolute Gasteiger partial charge is 0.0528 e. The van der Waals surface area contributed by atoms with E-state index in [1.807, 2.05) is 0 Å². The van der Waals surface area contributed by atoms with Crippen molar-refractivity contribution in [2.75, 3.05) is 4.90 Å². The molecule has 1 heteroatoms. The van der Waals surface area contributed by atoms with E-state index in [0.717, 1.165) is 41.8 Å². The van der Waals surface area contributed by atoms with Crippen LogP contribution in [0.3, 0.4) is 0 Å². The second kappa shape index (κ2) is 13.4. The number of fused-ring (bicyclic) bond motifs is 9. The minimum Gasteiger partial charge on any atom is -0.310 e. The van der Waals surface area contributed by atoms with Gasteiger partial charge in [-0.3, -0.25) is 0 Å². The van der Waals surface area contributed by atoms with E-state index in [-0.39, 0.29) is 10.8 Å². The van der Waals surface area contributed by atoms with Gasteiger partial charge in [0.2, 0.25) is 0 Å². The van der Waals surface area contributed by atoms with Crippen LogP contribution in [0.15, 0.2) is 168 Å². The van der Waals surface area contributed by atoms with Crippen LogP contribution in [0.5, 0.6) is 0 Å². The van der Waals surface area contributed by atoms with Gasteiger partial charge in [0, 0.05) is 39.9 Å². The van der Waals surface area contributed by atoms with Gasteiger partial charge in [-0.1, -0.05) is 155 Å². The van der Waals surface area contributed by atoms with Crippen LogP contribution in [0.4, 0.5) is 17.1 Å². The second-order valence-corrected chi connectivity index (χ2v) is 17.7. The first kappa shape index (κ1) is 35.6. The highest BCUT2D eigenvalue weighted by atomic mass is 15.1. The van der Waals surface area contributed by atoms with Gasteiger partial charge in [-0.05, 0) is 130 Å². The average molecular weight is 738 g/mol. The third kappa shape index (κ3) is 5.30. The molecule has 0 bridgehead atoms. The summed E-state index contributed by atoms with van der Waals surface area (Å²) in [7, 11) is 0. The summed E-state index contributed by atoms with van der Waals surface area (Å²) in [4.78, 5) is 2.49. The average Bonchev–Trinajstić information content (AvgIpc) is 3.63. The fourth-order valence-electron chi connectivity index (χ4n) is 11.2. The van der Waals surface area contributed by atoms with Crippen molar-refractivity contribution in [2.45, 2.75) is 64.7 Å². The summed E-state index contributed by atoms with van der Waals surface area (Å²) in [5.74, 6) is 4.88. The molecule has 0 saturated carbocycles. The maximum Gasteiger partial charge on any atom is 0.0528 e. The quantitative estimate of drug-likeness (QED) is 0.184. The van der Waals surface area contributed by atoms with Crippen LogP contribution in [0, 0.1) is 36.0 Å². The number of rotatable bonds is 5. The molecule has 0 saturated heterocycles. The molecule has 6 aliphatic carbocycles. The Morgan fingerprint density at radius 2 is 1.47 bits per heavy atom. The van der Waals surface area contributed by atoms with Gasteiger partial charge in [0.05, 0.1) is 5.41 Å². The topological polar surface area (TPSA) is 3.24 Å². The van der Waals surface area contributed by atoms with E-state index in [1.54, 1.807) is 5.57 Å². The molecule has 0 aromatic heterocycles. The van der Waals surface area contributed by atoms with Gasteiger partial charge < -0.3 is 4.90 Å². The number of hydrogen-bond donors (Lipinski definition) is 0. The van der Waals surface area contributed by atoms with Crippen molar-refractivity contribution >= 4 is 28.2 Å². The zero-order valence-corrected chi connectivity index (χ0v) is 33.9. The second-order valence-electron chi connectivity index (χ2n) is 17.7. The minimum absolute atomic E-state index is 0.233. The molecular formula is C56H51N. The van der Waals surface area contributed by atoms with Crippen molar-refractivity contribution in [3.05, 3.63) is 207 Å². The summed E-state index contributed by atoms with van der Waals surface area (Å²) in [5, 5.41) is 0. The molecule has 1 nitrogen and oxygen atoms in total. The highest BCUT2D eigenvalue weighted by molar-refractivity contribution is 5.92. The van der Waals surface area contributed by atoms with E-state index < -0.39 is 0 Å². The van der Waals surface area contributed by atoms with Crippen molar-refractivity contribution in [1.29, 1.82) is 0 Å². The van der Waals surface area contributed by atoms with E-state index in [1.165, 1.54) is 55.8 Å². The first-order valence-corrected chi connectivity index (χ1v) is 21.0. The van der Waals surface area contributed by atoms with Gasteiger partial charge in [0.1, 0.15) is 0 Å². The Morgan fingerprint density at radius 3 is 2.25 bits per heavy atom. The van der Waals surface area contributed by atoms with Gasteiger partial charge in [0.15, 0.2) is 0 Å². The predicted octanol–water partition coefficient (Wildman–Crippen LogP) is 13.8. The normalized spacial score (nSPS) is 25.9. The Hall–Kier alpha value is -5.84. The van der Waals surface area contributed by atoms with E-state index in [2.05, 4.69) is 197 Å². The fourth-order valence-corrected chi connectivity index (χ4v) is 11.2. The van der Waals surface area contributed by atoms with Crippen molar-refractivity contribution < 1.29 is 0 Å². The SMILES string of the molecule is C#CC1=C(/C=C\C)C(C)(C)c2cc(N(c3ccc(C4=CC[C@H](C)C=C4)cc3)c3ccc4c(c3)C3(C5=C(CC(C)C=C5)C5C=CC=CC53)c3ccccc3C4)ccc21. The van der Waals surface area contributed by atoms with Crippen molar-refractivity contribution in [2.24, 2.45) is 23.7 Å². The Kier molecular flexibility index (Phi) is 8.35. The standard InChI is InChI=1S/C56H51N/c1-7-13-50-45(8-2)47-30-29-44(35-54(47)55(50,5)6)57(42-26-23-39(24-27-42)38-21-18-36(3)19-22-38)43-28-25-41-33-40-14-9-11-16-49(40)56(53(41)34-43)51-17-12-10-15-46(51)48-32-37(4)20-31-52(48)56/h2,7,9-18,20-31,34-37,46,51H,19,32-33H2,1,3-6H3/b13-7-/t36-,37?,46?,51?,56?/m1/s1. The van der Waals surface area contributed by atoms with Crippen LogP contribution >= 0.6 is 0 Å². The molecule has 0 fully saturated rings. The van der Waals surface area contributed by atoms with Gasteiger partial charge in [-0.2, -0.15) is 0 Å². The summed E-state index contributed by atoms with van der Waals surface area (Å²) in [5.41, 5.74) is 19.0. The number of allylic oxidation sites excluding steroid dienone is 16. The molecule has 4 unspecified atom stereocenters. The Balaban J connectivity index is 1.18. The van der Waals surface area contributed by atoms with Crippen molar-refractivity contribution in [3.8, 4) is 12.3 Å². The molecule has 6 aliphatic rings. The molecule has 1 spiro atoms. The van der Waals surface area contributed by atoms with Crippen molar-refractivity contribution in [3.63, 3.8) is 0 Å². The number of hydrogen-bond acceptors (Lipinski definition) is 1. The third-order valence-corrected chi connectivity index (χ3v) is 13.9. The van der Waals surface area contributed by atoms with Gasteiger partial charge >= 0.3 is 0 Å². The molecule has 4 aromatic carbocycles. The summed E-state index contributed by atoms with van der Waals surface area (Å²) in [6.45, 7) is 11.4. The van der Waals surface area contributed by atoms with E-state index >= 15 is 0 Å². The van der Waals surface area contributed by atoms with E-state index in [0.29, 0.717) is 23.7 Å². The lowest BCUT2D eigenvalue weighted by molar-refractivity contribution is 0.413. The summed E-state index contributed by atoms with van der Waals surface area (Å²) < 4.78 is 0. The molecular weight excluding hydrogens is 687 g/mol. The summed E-state index contributed by atoms with van der Waals surface area (Å²) >= 11 is 0. The van der Waals surface area contributed by atoms with Crippen LogP contribution in [0.25, 0.3) is 11.1 Å². The first-order valence-electron chi connectivity index (χ1n) is 21.0. The maximum absolute atomic E-state index is 6.23. The fraction of sp³-hybridized carbons (Fsp3) is 0.250. The summed E-state index contributed by atoms with van der Waals surface area (Å²) in [6, 6.07) is 32.8. The lowest BCUT2D eigenvalue weighted by Gasteiger charge is -2.45. The number of anilines is 3. The molecule has 0 N–H and O–H groups in total. The molecule has 0 radical (unpaired) electrons. The van der Waals surface area contributed by atoms with E-state index in [9.17, 15) is 0 Å². The van der Waals surface area contributed by atoms with Gasteiger partial charge in [-0.15, -0.1) is 6.42 Å². The highest BCUT2D eigenvalue weighted by Crippen LogP contribution is 2.63. The van der Waals surface area contributed by atoms with Gasteiger partial charge in [0.25, 0.3) is 0 Å². The van der Waals surface area contributed by atoms with Crippen LogP contribution < -0.4 is 4.90 Å². The Labute approximate surface area is 339 Å². The van der Waals surface area contributed by atoms with Crippen LogP contribution in [-0.2, 0) is 17.3 Å². The number of nitrogens with zero attached hydrogens (tertiary/aromatic N) is 1. The first-order chi connectivity index (χ1) is 27.7. The molecule has 0 heterocycles. The summed E-state index contributed by atoms with van der Waals surface area (Å²) in [6.07, 6.45) is 35.2. The van der Waals surface area contributed by atoms with Gasteiger partial charge in [-0.25, -0.2) is 0 Å². The molecule has 0 amide bonds. The molecule has 10 rings (SSSR count). The number of benzene rings is 4. The maximum atomic E-state index is 6.23. The van der Waals surface area contributed by atoms with Crippen molar-refractivity contribution in [1.82, 2.24) is 0 Å². The zero-order valence-electron chi connectivity index (χ0n) is 33.9. The minimum atomic E-state index is -0.280. The Bertz CT molecular complexity index is 2640. The molecule has 280 valence electrons.